The van der Waals surface area contributed by atoms with Gasteiger partial charge in [0.05, 0.1) is 11.1 Å². The summed E-state index contributed by atoms with van der Waals surface area (Å²) in [4.78, 5) is 23.5. The molecule has 4 heteroatoms. The smallest absolute Gasteiger partial charge is 0.343 e. The van der Waals surface area contributed by atoms with Gasteiger partial charge >= 0.3 is 11.9 Å². The maximum atomic E-state index is 12.5. The van der Waals surface area contributed by atoms with Crippen molar-refractivity contribution in [1.82, 2.24) is 0 Å². The van der Waals surface area contributed by atoms with E-state index in [1.165, 1.54) is 18.2 Å². The minimum Gasteiger partial charge on any atom is -0.478 e. The Hall–Kier alpha value is -2.62. The number of aromatic carboxylic acids is 1. The highest BCUT2D eigenvalue weighted by Crippen LogP contribution is 2.35. The molecule has 0 saturated carbocycles. The van der Waals surface area contributed by atoms with Gasteiger partial charge in [-0.2, -0.15) is 0 Å². The number of carboxylic acid groups (broad SMARTS) is 1. The van der Waals surface area contributed by atoms with E-state index in [-0.39, 0.29) is 16.5 Å². The SMILES string of the molecule is Cc1cc(C)c(OC(=O)c2cccc(C(=O)O)c2)c(C(C)(C)C)c1. The summed E-state index contributed by atoms with van der Waals surface area (Å²) >= 11 is 0. The fourth-order valence-electron chi connectivity index (χ4n) is 2.58. The second-order valence-electron chi connectivity index (χ2n) is 6.98. The number of ether oxygens (including phenoxy) is 1. The maximum Gasteiger partial charge on any atom is 0.343 e. The zero-order chi connectivity index (χ0) is 18.1. The number of esters is 1. The molecule has 126 valence electrons. The third kappa shape index (κ3) is 3.82. The summed E-state index contributed by atoms with van der Waals surface area (Å²) in [6, 6.07) is 9.83. The highest BCUT2D eigenvalue weighted by Gasteiger charge is 2.23. The molecule has 0 aromatic heterocycles. The van der Waals surface area contributed by atoms with E-state index in [0.29, 0.717) is 5.75 Å². The van der Waals surface area contributed by atoms with Crippen LogP contribution < -0.4 is 4.74 Å². The first-order valence-electron chi connectivity index (χ1n) is 7.77. The number of carboxylic acids is 1. The lowest BCUT2D eigenvalue weighted by Gasteiger charge is -2.24. The van der Waals surface area contributed by atoms with E-state index in [9.17, 15) is 9.59 Å². The van der Waals surface area contributed by atoms with E-state index in [2.05, 4.69) is 20.8 Å². The molecule has 24 heavy (non-hydrogen) atoms. The lowest BCUT2D eigenvalue weighted by molar-refractivity contribution is 0.0697. The molecule has 0 spiro atoms. The van der Waals surface area contributed by atoms with Gasteiger partial charge in [0.1, 0.15) is 5.75 Å². The molecule has 0 aliphatic heterocycles. The van der Waals surface area contributed by atoms with Crippen LogP contribution >= 0.6 is 0 Å². The zero-order valence-electron chi connectivity index (χ0n) is 14.6. The Morgan fingerprint density at radius 2 is 1.62 bits per heavy atom. The lowest BCUT2D eigenvalue weighted by Crippen LogP contribution is -2.18. The highest BCUT2D eigenvalue weighted by atomic mass is 16.5. The molecule has 0 unspecified atom stereocenters. The van der Waals surface area contributed by atoms with Crippen LogP contribution in [-0.4, -0.2) is 17.0 Å². The van der Waals surface area contributed by atoms with Crippen LogP contribution in [0.2, 0.25) is 0 Å². The second-order valence-corrected chi connectivity index (χ2v) is 6.98. The molecule has 0 bridgehead atoms. The van der Waals surface area contributed by atoms with Gasteiger partial charge in [0.25, 0.3) is 0 Å². The summed E-state index contributed by atoms with van der Waals surface area (Å²) in [5, 5.41) is 9.05. The van der Waals surface area contributed by atoms with Crippen LogP contribution in [0.3, 0.4) is 0 Å². The minimum atomic E-state index is -1.08. The molecular formula is C20H22O4. The summed E-state index contributed by atoms with van der Waals surface area (Å²) in [6.45, 7) is 10.1. The van der Waals surface area contributed by atoms with Crippen LogP contribution in [0, 0.1) is 13.8 Å². The van der Waals surface area contributed by atoms with Gasteiger partial charge in [-0.1, -0.05) is 44.5 Å². The third-order valence-corrected chi connectivity index (χ3v) is 3.77. The highest BCUT2D eigenvalue weighted by molar-refractivity contribution is 5.95. The van der Waals surface area contributed by atoms with Gasteiger partial charge in [0.15, 0.2) is 0 Å². The fraction of sp³-hybridized carbons (Fsp3) is 0.300. The van der Waals surface area contributed by atoms with Crippen molar-refractivity contribution in [3.05, 3.63) is 64.2 Å². The topological polar surface area (TPSA) is 63.6 Å². The van der Waals surface area contributed by atoms with Crippen LogP contribution in [0.5, 0.6) is 5.75 Å². The molecule has 0 aliphatic rings. The number of aryl methyl sites for hydroxylation is 2. The number of benzene rings is 2. The average Bonchev–Trinajstić information content (AvgIpc) is 2.48. The van der Waals surface area contributed by atoms with Crippen LogP contribution in [0.25, 0.3) is 0 Å². The van der Waals surface area contributed by atoms with Crippen molar-refractivity contribution in [2.45, 2.75) is 40.0 Å². The standard InChI is InChI=1S/C20H22O4/c1-12-9-13(2)17(16(10-12)20(3,4)5)24-19(23)15-8-6-7-14(11-15)18(21)22/h6-11H,1-5H3,(H,21,22). The molecule has 0 heterocycles. The first kappa shape index (κ1) is 17.7. The van der Waals surface area contributed by atoms with Crippen molar-refractivity contribution < 1.29 is 19.4 Å². The molecule has 0 saturated heterocycles. The number of hydrogen-bond acceptors (Lipinski definition) is 3. The van der Waals surface area contributed by atoms with Crippen molar-refractivity contribution >= 4 is 11.9 Å². The van der Waals surface area contributed by atoms with Gasteiger partial charge in [-0.05, 0) is 43.0 Å². The molecule has 0 fully saturated rings. The Kier molecular flexibility index (Phi) is 4.78. The van der Waals surface area contributed by atoms with Gasteiger partial charge in [-0.25, -0.2) is 9.59 Å². The van der Waals surface area contributed by atoms with E-state index in [4.69, 9.17) is 9.84 Å². The predicted octanol–water partition coefficient (Wildman–Crippen LogP) is 4.52. The summed E-state index contributed by atoms with van der Waals surface area (Å²) in [5.74, 6) is -1.10. The minimum absolute atomic E-state index is 0.0566. The summed E-state index contributed by atoms with van der Waals surface area (Å²) in [7, 11) is 0. The van der Waals surface area contributed by atoms with Crippen LogP contribution in [0.1, 0.15) is 58.2 Å². The monoisotopic (exact) mass is 326 g/mol. The Labute approximate surface area is 142 Å². The van der Waals surface area contributed by atoms with Crippen molar-refractivity contribution in [3.8, 4) is 5.75 Å². The van der Waals surface area contributed by atoms with E-state index in [0.717, 1.165) is 16.7 Å². The predicted molar refractivity (Wildman–Crippen MR) is 93.0 cm³/mol. The van der Waals surface area contributed by atoms with Gasteiger partial charge < -0.3 is 9.84 Å². The van der Waals surface area contributed by atoms with E-state index < -0.39 is 11.9 Å². The van der Waals surface area contributed by atoms with Crippen LogP contribution in [-0.2, 0) is 5.41 Å². The molecule has 1 N–H and O–H groups in total. The lowest BCUT2D eigenvalue weighted by atomic mass is 9.84. The third-order valence-electron chi connectivity index (χ3n) is 3.77. The largest absolute Gasteiger partial charge is 0.478 e. The molecule has 2 aromatic rings. The van der Waals surface area contributed by atoms with Crippen LogP contribution in [0.4, 0.5) is 0 Å². The Bertz CT molecular complexity index is 798. The normalized spacial score (nSPS) is 11.2. The van der Waals surface area contributed by atoms with E-state index >= 15 is 0 Å². The van der Waals surface area contributed by atoms with Gasteiger partial charge in [-0.15, -0.1) is 0 Å². The molecular weight excluding hydrogens is 304 g/mol. The number of carbonyl (C=O) groups excluding carboxylic acids is 1. The number of hydrogen-bond donors (Lipinski definition) is 1. The molecule has 4 nitrogen and oxygen atoms in total. The van der Waals surface area contributed by atoms with Gasteiger partial charge in [-0.3, -0.25) is 0 Å². The summed E-state index contributed by atoms with van der Waals surface area (Å²) in [6.07, 6.45) is 0. The van der Waals surface area contributed by atoms with Crippen molar-refractivity contribution in [2.75, 3.05) is 0 Å². The van der Waals surface area contributed by atoms with Gasteiger partial charge in [0, 0.05) is 5.56 Å². The van der Waals surface area contributed by atoms with Crippen LogP contribution in [0.15, 0.2) is 36.4 Å². The van der Waals surface area contributed by atoms with E-state index in [1.807, 2.05) is 26.0 Å². The van der Waals surface area contributed by atoms with Crippen molar-refractivity contribution in [1.29, 1.82) is 0 Å². The first-order valence-corrected chi connectivity index (χ1v) is 7.77. The first-order chi connectivity index (χ1) is 11.1. The molecule has 0 radical (unpaired) electrons. The quantitative estimate of drug-likeness (QED) is 0.665. The zero-order valence-corrected chi connectivity index (χ0v) is 14.6. The van der Waals surface area contributed by atoms with E-state index in [1.54, 1.807) is 6.07 Å². The maximum absolute atomic E-state index is 12.5. The Balaban J connectivity index is 2.43. The second kappa shape index (κ2) is 6.48. The number of carbonyl (C=O) groups is 2. The Morgan fingerprint density at radius 3 is 2.21 bits per heavy atom. The molecule has 0 amide bonds. The summed E-state index contributed by atoms with van der Waals surface area (Å²) < 4.78 is 5.65. The van der Waals surface area contributed by atoms with Crippen molar-refractivity contribution in [2.24, 2.45) is 0 Å². The Morgan fingerprint density at radius 1 is 1.00 bits per heavy atom. The molecule has 0 atom stereocenters. The molecule has 0 aliphatic carbocycles. The average molecular weight is 326 g/mol. The summed E-state index contributed by atoms with van der Waals surface area (Å²) in [5.41, 5.74) is 3.02. The van der Waals surface area contributed by atoms with Crippen molar-refractivity contribution in [3.63, 3.8) is 0 Å². The molecule has 2 aromatic carbocycles. The fourth-order valence-corrected chi connectivity index (χ4v) is 2.58. The number of rotatable bonds is 3. The molecule has 2 rings (SSSR count). The van der Waals surface area contributed by atoms with Gasteiger partial charge in [0.2, 0.25) is 0 Å².